The first-order valence-electron chi connectivity index (χ1n) is 29.7. The van der Waals surface area contributed by atoms with Crippen LogP contribution in [0, 0.1) is 6.33 Å². The highest BCUT2D eigenvalue weighted by atomic mass is 16.5. The van der Waals surface area contributed by atoms with E-state index in [2.05, 4.69) is 201 Å². The van der Waals surface area contributed by atoms with E-state index in [1.54, 1.807) is 0 Å². The molecule has 0 radical (unpaired) electrons. The molecule has 4 aromatic heterocycles. The summed E-state index contributed by atoms with van der Waals surface area (Å²) in [4.78, 5) is 4.93. The van der Waals surface area contributed by atoms with Gasteiger partial charge in [0.1, 0.15) is 28.5 Å². The van der Waals surface area contributed by atoms with Gasteiger partial charge in [0.15, 0.2) is 0 Å². The van der Waals surface area contributed by atoms with E-state index in [-0.39, 0.29) is 40.6 Å². The Labute approximate surface area is 472 Å². The van der Waals surface area contributed by atoms with Gasteiger partial charge in [-0.3, -0.25) is 13.7 Å². The van der Waals surface area contributed by atoms with Gasteiger partial charge in [0.05, 0.1) is 40.3 Å². The van der Waals surface area contributed by atoms with Crippen LogP contribution < -0.4 is 9.30 Å². The summed E-state index contributed by atoms with van der Waals surface area (Å²) in [5.74, 6) is 2.15. The Morgan fingerprint density at radius 2 is 1.18 bits per heavy atom. The summed E-state index contributed by atoms with van der Waals surface area (Å²) >= 11 is 0. The lowest BCUT2D eigenvalue weighted by Crippen LogP contribution is -2.35. The van der Waals surface area contributed by atoms with Gasteiger partial charge in [0.25, 0.3) is 6.33 Å². The van der Waals surface area contributed by atoms with Crippen molar-refractivity contribution < 1.29 is 20.6 Å². The highest BCUT2D eigenvalue weighted by Crippen LogP contribution is 2.48. The fourth-order valence-electron chi connectivity index (χ4n) is 12.1. The van der Waals surface area contributed by atoms with E-state index in [0.29, 0.717) is 17.1 Å². The number of ether oxygens (including phenoxy) is 1. The van der Waals surface area contributed by atoms with Crippen LogP contribution in [-0.4, -0.2) is 14.1 Å². The van der Waals surface area contributed by atoms with Gasteiger partial charge in [0.2, 0.25) is 0 Å². The Balaban J connectivity index is 0.979. The molecule has 0 unspecified atom stereocenters. The predicted molar refractivity (Wildman–Crippen MR) is 328 cm³/mol. The van der Waals surface area contributed by atoms with E-state index in [4.69, 9.17) is 21.0 Å². The monoisotopic (exact) mass is 1040 g/mol. The molecule has 6 heteroatoms. The zero-order valence-electron chi connectivity index (χ0n) is 50.2. The number of imidazole rings is 1. The van der Waals surface area contributed by atoms with Crippen molar-refractivity contribution in [3.63, 3.8) is 0 Å². The zero-order valence-corrected chi connectivity index (χ0v) is 45.2. The molecule has 384 valence electrons. The Kier molecular flexibility index (Phi) is 9.45. The van der Waals surface area contributed by atoms with Gasteiger partial charge >= 0.3 is 0 Å². The maximum Gasteiger partial charge on any atom is 0.269 e. The number of benzene rings is 10. The Morgan fingerprint density at radius 3 is 2.01 bits per heavy atom. The summed E-state index contributed by atoms with van der Waals surface area (Å²) in [6.45, 7) is 13.3. The number of hydrogen-bond acceptors (Lipinski definition) is 3. The Bertz CT molecular complexity index is 5120. The molecular weight excluding hydrogens is 977 g/mol. The van der Waals surface area contributed by atoms with Crippen LogP contribution in [0.15, 0.2) is 235 Å². The minimum Gasteiger partial charge on any atom is -0.458 e. The lowest BCUT2D eigenvalue weighted by molar-refractivity contribution is -0.572. The lowest BCUT2D eigenvalue weighted by Gasteiger charge is -2.26. The number of furan rings is 1. The number of fused-ring (bicyclic) bond motifs is 13. The summed E-state index contributed by atoms with van der Waals surface area (Å²) in [6.07, 6.45) is 5.88. The van der Waals surface area contributed by atoms with Crippen molar-refractivity contribution >= 4 is 54.8 Å². The van der Waals surface area contributed by atoms with E-state index in [9.17, 15) is 0 Å². The summed E-state index contributed by atoms with van der Waals surface area (Å²) in [7, 11) is 0. The molecule has 5 heterocycles. The van der Waals surface area contributed by atoms with Crippen molar-refractivity contribution in [3.8, 4) is 84.3 Å². The maximum atomic E-state index is 9.11. The summed E-state index contributed by atoms with van der Waals surface area (Å²) in [5.41, 5.74) is 17.3. The third-order valence-electron chi connectivity index (χ3n) is 15.9. The summed E-state index contributed by atoms with van der Waals surface area (Å²) < 4.78 is 64.0. The van der Waals surface area contributed by atoms with Gasteiger partial charge in [-0.15, -0.1) is 0 Å². The highest BCUT2D eigenvalue weighted by Gasteiger charge is 2.30. The van der Waals surface area contributed by atoms with Crippen LogP contribution >= 0.6 is 0 Å². The molecule has 15 rings (SSSR count). The fraction of sp³-hybridized carbons (Fsp3) is 0.108. The van der Waals surface area contributed by atoms with Gasteiger partial charge in [0, 0.05) is 33.8 Å². The first-order valence-corrected chi connectivity index (χ1v) is 27.2. The molecule has 0 fully saturated rings. The molecule has 0 amide bonds. The highest BCUT2D eigenvalue weighted by molar-refractivity contribution is 6.10. The third-order valence-corrected chi connectivity index (χ3v) is 15.9. The molecule has 80 heavy (non-hydrogen) atoms. The van der Waals surface area contributed by atoms with Crippen molar-refractivity contribution in [2.75, 3.05) is 0 Å². The molecular formula is C74H56N4O2. The fourth-order valence-corrected chi connectivity index (χ4v) is 12.1. The standard InChI is InChI=1S/C74H56N4O2/c1-73(2,3)50-36-37-75-70(42-50)78-65-28-14-12-24-57(65)58-34-32-53(44-66(58)78)79-52-21-16-20-51(43-52)76-45-77-71-60(26-17-27-64(71)74(4,5)6)61-38-47(46-18-8-7-9-19-46)30-33-56(61)54-22-10-11-23-55(54)63-40-49(41-67(76)72(63)77)48-31-35-69-62(39-48)59-25-13-15-29-68(59)80-69/h7-44H,1-6H3/i7D,8D,9D,18D,19D. The summed E-state index contributed by atoms with van der Waals surface area (Å²) in [5, 5.41) is 4.30. The van der Waals surface area contributed by atoms with Crippen LogP contribution in [0.25, 0.3) is 128 Å². The molecule has 0 atom stereocenters. The second-order valence-corrected chi connectivity index (χ2v) is 23.0. The van der Waals surface area contributed by atoms with Crippen molar-refractivity contribution in [1.29, 1.82) is 0 Å². The molecule has 0 saturated carbocycles. The van der Waals surface area contributed by atoms with Gasteiger partial charge in [-0.1, -0.05) is 181 Å². The van der Waals surface area contributed by atoms with Crippen molar-refractivity contribution in [2.45, 2.75) is 52.4 Å². The topological polar surface area (TPSA) is 49.0 Å². The van der Waals surface area contributed by atoms with Gasteiger partial charge < -0.3 is 9.15 Å². The van der Waals surface area contributed by atoms with Crippen molar-refractivity contribution in [2.24, 2.45) is 0 Å². The normalized spacial score (nSPS) is 13.2. The molecule has 0 N–H and O–H groups in total. The van der Waals surface area contributed by atoms with E-state index in [0.717, 1.165) is 122 Å². The third kappa shape index (κ3) is 7.69. The molecule has 1 aliphatic rings. The summed E-state index contributed by atoms with van der Waals surface area (Å²) in [6, 6.07) is 65.5. The molecule has 0 spiro atoms. The van der Waals surface area contributed by atoms with Crippen LogP contribution in [0.4, 0.5) is 0 Å². The number of para-hydroxylation sites is 3. The second-order valence-electron chi connectivity index (χ2n) is 23.0. The van der Waals surface area contributed by atoms with E-state index in [1.165, 1.54) is 5.56 Å². The second kappa shape index (κ2) is 17.9. The van der Waals surface area contributed by atoms with Crippen LogP contribution in [0.1, 0.15) is 59.5 Å². The molecule has 6 nitrogen and oxygen atoms in total. The number of hydrogen-bond donors (Lipinski definition) is 0. The molecule has 0 bridgehead atoms. The van der Waals surface area contributed by atoms with Crippen LogP contribution in [0.5, 0.6) is 11.5 Å². The molecule has 14 aromatic rings. The predicted octanol–water partition coefficient (Wildman–Crippen LogP) is 19.1. The van der Waals surface area contributed by atoms with Crippen LogP contribution in [0.2, 0.25) is 0 Å². The first kappa shape index (κ1) is 42.3. The SMILES string of the molecule is [2H]c1c([2H])c([2H])c(-c2ccc3c(c2)-c2cccc(C(C)(C)C)c2-[n+]2[c-]n(-c4cccc(Oc5ccc6c7ccccc7n(-c7cc(C(C)(C)C)ccn7)c6c5)c4)c4cc(-c5ccc6oc7ccccc7c6c5)cc(c42)-c2ccccc2-3)c([2H])c1[2H]. The minimum atomic E-state index is -0.430. The number of rotatable bonds is 6. The number of pyridine rings is 1. The first-order chi connectivity index (χ1) is 41.0. The van der Waals surface area contributed by atoms with Crippen molar-refractivity contribution in [3.05, 3.63) is 248 Å². The average molecular weight is 1040 g/mol. The Hall–Kier alpha value is -9.78. The molecule has 0 aliphatic carbocycles. The minimum absolute atomic E-state index is 0.0709. The molecule has 10 aromatic carbocycles. The number of nitrogens with zero attached hydrogens (tertiary/aromatic N) is 4. The van der Waals surface area contributed by atoms with E-state index < -0.39 is 6.04 Å². The molecule has 1 aliphatic heterocycles. The maximum absolute atomic E-state index is 9.11. The lowest BCUT2D eigenvalue weighted by atomic mass is 9.82. The zero-order chi connectivity index (χ0) is 58.4. The van der Waals surface area contributed by atoms with Crippen LogP contribution in [0.3, 0.4) is 0 Å². The van der Waals surface area contributed by atoms with Gasteiger partial charge in [-0.2, -0.15) is 0 Å². The number of aromatic nitrogens is 4. The Morgan fingerprint density at radius 1 is 0.487 bits per heavy atom. The van der Waals surface area contributed by atoms with E-state index in [1.807, 2.05) is 60.8 Å². The van der Waals surface area contributed by atoms with Gasteiger partial charge in [-0.05, 0) is 156 Å². The molecule has 0 saturated heterocycles. The smallest absolute Gasteiger partial charge is 0.269 e. The van der Waals surface area contributed by atoms with Crippen LogP contribution in [-0.2, 0) is 10.8 Å². The largest absolute Gasteiger partial charge is 0.458 e. The van der Waals surface area contributed by atoms with E-state index >= 15 is 0 Å². The average Bonchev–Trinajstić information content (AvgIpc) is 1.73. The quantitative estimate of drug-likeness (QED) is 0.123. The van der Waals surface area contributed by atoms with Crippen molar-refractivity contribution in [1.82, 2.24) is 14.1 Å². The van der Waals surface area contributed by atoms with Gasteiger partial charge in [-0.25, -0.2) is 4.98 Å².